The minimum absolute atomic E-state index is 0.116. The van der Waals surface area contributed by atoms with Crippen molar-refractivity contribution in [1.29, 1.82) is 0 Å². The van der Waals surface area contributed by atoms with Gasteiger partial charge in [-0.1, -0.05) is 0 Å². The van der Waals surface area contributed by atoms with Crippen LogP contribution in [-0.2, 0) is 15.0 Å². The van der Waals surface area contributed by atoms with Crippen LogP contribution < -0.4 is 0 Å². The number of amides is 1. The zero-order valence-corrected chi connectivity index (χ0v) is 10.4. The molecule has 1 saturated heterocycles. The molecule has 96 valence electrons. The number of carbonyl (C=O) groups excluding carboxylic acids is 1. The van der Waals surface area contributed by atoms with Gasteiger partial charge in [-0.2, -0.15) is 4.31 Å². The summed E-state index contributed by atoms with van der Waals surface area (Å²) in [4.78, 5) is 15.3. The van der Waals surface area contributed by atoms with Crippen molar-refractivity contribution in [3.63, 3.8) is 0 Å². The third-order valence-corrected chi connectivity index (χ3v) is 3.86. The van der Waals surface area contributed by atoms with Crippen LogP contribution in [0.5, 0.6) is 0 Å². The molecule has 0 aromatic heterocycles. The van der Waals surface area contributed by atoms with Crippen LogP contribution in [0.1, 0.15) is 19.3 Å². The van der Waals surface area contributed by atoms with Gasteiger partial charge < -0.3 is 4.90 Å². The van der Waals surface area contributed by atoms with Gasteiger partial charge in [-0.25, -0.2) is 8.42 Å². The standard InChI is InChI=1S/C8H15N5O3S/c1-12(17(15,16)11-10-9)5-3-7-13-6-2-4-8(13)14/h2-7H2,1H3. The summed E-state index contributed by atoms with van der Waals surface area (Å²) in [6.07, 6.45) is 1.97. The summed E-state index contributed by atoms with van der Waals surface area (Å²) in [5.41, 5.74) is 8.08. The molecule has 0 N–H and O–H groups in total. The summed E-state index contributed by atoms with van der Waals surface area (Å²) in [5, 5.41) is 0. The second kappa shape index (κ2) is 5.85. The van der Waals surface area contributed by atoms with Crippen molar-refractivity contribution in [3.05, 3.63) is 10.4 Å². The van der Waals surface area contributed by atoms with E-state index in [1.807, 2.05) is 0 Å². The summed E-state index contributed by atoms with van der Waals surface area (Å²) in [6.45, 7) is 1.51. The van der Waals surface area contributed by atoms with E-state index in [9.17, 15) is 13.2 Å². The average molecular weight is 261 g/mol. The fourth-order valence-electron chi connectivity index (χ4n) is 1.65. The maximum Gasteiger partial charge on any atom is 0.302 e. The summed E-state index contributed by atoms with van der Waals surface area (Å²) in [5.74, 6) is 0.116. The van der Waals surface area contributed by atoms with Gasteiger partial charge in [0.1, 0.15) is 0 Å². The van der Waals surface area contributed by atoms with Gasteiger partial charge in [0.15, 0.2) is 0 Å². The van der Waals surface area contributed by atoms with E-state index in [0.717, 1.165) is 17.3 Å². The number of nitrogens with zero attached hydrogens (tertiary/aromatic N) is 5. The maximum absolute atomic E-state index is 11.3. The van der Waals surface area contributed by atoms with Crippen LogP contribution in [0, 0.1) is 0 Å². The minimum Gasteiger partial charge on any atom is -0.343 e. The van der Waals surface area contributed by atoms with Crippen molar-refractivity contribution < 1.29 is 13.2 Å². The maximum atomic E-state index is 11.3. The van der Waals surface area contributed by atoms with Crippen molar-refractivity contribution in [2.24, 2.45) is 4.52 Å². The molecule has 0 unspecified atom stereocenters. The van der Waals surface area contributed by atoms with Crippen LogP contribution in [0.2, 0.25) is 0 Å². The molecule has 17 heavy (non-hydrogen) atoms. The van der Waals surface area contributed by atoms with E-state index >= 15 is 0 Å². The average Bonchev–Trinajstić information content (AvgIpc) is 2.64. The Kier molecular flexibility index (Phi) is 4.73. The minimum atomic E-state index is -3.88. The lowest BCUT2D eigenvalue weighted by molar-refractivity contribution is -0.127. The molecule has 1 heterocycles. The van der Waals surface area contributed by atoms with Gasteiger partial charge in [0, 0.05) is 42.5 Å². The van der Waals surface area contributed by atoms with Gasteiger partial charge >= 0.3 is 10.2 Å². The van der Waals surface area contributed by atoms with Gasteiger partial charge in [0.2, 0.25) is 5.91 Å². The Morgan fingerprint density at radius 1 is 1.59 bits per heavy atom. The second-order valence-electron chi connectivity index (χ2n) is 3.81. The van der Waals surface area contributed by atoms with Crippen LogP contribution in [-0.4, -0.2) is 50.2 Å². The number of azide groups is 1. The van der Waals surface area contributed by atoms with Gasteiger partial charge in [0.05, 0.1) is 0 Å². The first-order chi connectivity index (χ1) is 7.97. The Hall–Kier alpha value is -1.31. The number of hydrogen-bond acceptors (Lipinski definition) is 3. The van der Waals surface area contributed by atoms with E-state index in [4.69, 9.17) is 5.53 Å². The molecule has 1 aliphatic heterocycles. The first kappa shape index (κ1) is 13.8. The number of rotatable bonds is 6. The quantitative estimate of drug-likeness (QED) is 0.394. The highest BCUT2D eigenvalue weighted by molar-refractivity contribution is 7.87. The Morgan fingerprint density at radius 2 is 2.29 bits per heavy atom. The topological polar surface area (TPSA) is 106 Å². The number of likely N-dealkylation sites (tertiary alicyclic amines) is 1. The summed E-state index contributed by atoms with van der Waals surface area (Å²) in [7, 11) is -2.54. The summed E-state index contributed by atoms with van der Waals surface area (Å²) < 4.78 is 26.2. The van der Waals surface area contributed by atoms with Crippen LogP contribution >= 0.6 is 0 Å². The molecule has 9 heteroatoms. The monoisotopic (exact) mass is 261 g/mol. The third-order valence-electron chi connectivity index (χ3n) is 2.61. The van der Waals surface area contributed by atoms with Crippen LogP contribution in [0.4, 0.5) is 0 Å². The van der Waals surface area contributed by atoms with Crippen LogP contribution in [0.15, 0.2) is 4.52 Å². The van der Waals surface area contributed by atoms with E-state index in [1.54, 1.807) is 4.90 Å². The van der Waals surface area contributed by atoms with E-state index < -0.39 is 10.2 Å². The van der Waals surface area contributed by atoms with Gasteiger partial charge in [0.25, 0.3) is 0 Å². The van der Waals surface area contributed by atoms with Crippen molar-refractivity contribution in [1.82, 2.24) is 9.21 Å². The molecular formula is C8H15N5O3S. The van der Waals surface area contributed by atoms with Gasteiger partial charge in [-0.05, 0) is 18.4 Å². The van der Waals surface area contributed by atoms with Crippen LogP contribution in [0.25, 0.3) is 10.4 Å². The smallest absolute Gasteiger partial charge is 0.302 e. The molecule has 1 aliphatic rings. The SMILES string of the molecule is CN(CCCN1CCCC1=O)S(=O)(=O)N=[N+]=[N-]. The van der Waals surface area contributed by atoms with E-state index in [-0.39, 0.29) is 12.5 Å². The van der Waals surface area contributed by atoms with Gasteiger partial charge in [-0.15, -0.1) is 0 Å². The second-order valence-corrected chi connectivity index (χ2v) is 5.49. The zero-order chi connectivity index (χ0) is 12.9. The van der Waals surface area contributed by atoms with Gasteiger partial charge in [-0.3, -0.25) is 4.79 Å². The first-order valence-corrected chi connectivity index (χ1v) is 6.67. The molecule has 0 bridgehead atoms. The zero-order valence-electron chi connectivity index (χ0n) is 9.61. The van der Waals surface area contributed by atoms with E-state index in [0.29, 0.717) is 19.4 Å². The highest BCUT2D eigenvalue weighted by atomic mass is 32.2. The fraction of sp³-hybridized carbons (Fsp3) is 0.875. The highest BCUT2D eigenvalue weighted by Gasteiger charge is 2.20. The van der Waals surface area contributed by atoms with Crippen molar-refractivity contribution in [2.75, 3.05) is 26.7 Å². The molecule has 1 amide bonds. The molecule has 1 fully saturated rings. The van der Waals surface area contributed by atoms with Crippen molar-refractivity contribution in [3.8, 4) is 0 Å². The lowest BCUT2D eigenvalue weighted by Crippen LogP contribution is -2.31. The van der Waals surface area contributed by atoms with E-state index in [2.05, 4.69) is 9.43 Å². The fourth-order valence-corrected chi connectivity index (χ4v) is 2.23. The molecule has 0 aromatic rings. The Morgan fingerprint density at radius 3 is 2.82 bits per heavy atom. The lowest BCUT2D eigenvalue weighted by atomic mass is 10.4. The Bertz CT molecular complexity index is 428. The predicted octanol–water partition coefficient (Wildman–Crippen LogP) is 0.486. The number of hydrogen-bond donors (Lipinski definition) is 0. The molecule has 0 aliphatic carbocycles. The number of carbonyl (C=O) groups is 1. The predicted molar refractivity (Wildman–Crippen MR) is 61.1 cm³/mol. The normalized spacial score (nSPS) is 16.4. The molecule has 8 nitrogen and oxygen atoms in total. The summed E-state index contributed by atoms with van der Waals surface area (Å²) >= 11 is 0. The molecule has 0 aromatic carbocycles. The highest BCUT2D eigenvalue weighted by Crippen LogP contribution is 2.10. The van der Waals surface area contributed by atoms with Crippen LogP contribution in [0.3, 0.4) is 0 Å². The molecular weight excluding hydrogens is 246 g/mol. The Balaban J connectivity index is 2.36. The lowest BCUT2D eigenvalue weighted by Gasteiger charge is -2.18. The molecule has 1 rings (SSSR count). The Labute approximate surface area is 100.0 Å². The van der Waals surface area contributed by atoms with Crippen molar-refractivity contribution >= 4 is 16.1 Å². The molecule has 0 saturated carbocycles. The molecule has 0 radical (unpaired) electrons. The first-order valence-electron chi connectivity index (χ1n) is 5.28. The molecule has 0 spiro atoms. The molecule has 0 atom stereocenters. The third kappa shape index (κ3) is 3.88. The largest absolute Gasteiger partial charge is 0.343 e. The summed E-state index contributed by atoms with van der Waals surface area (Å²) in [6, 6.07) is 0. The van der Waals surface area contributed by atoms with E-state index in [1.165, 1.54) is 7.05 Å². The van der Waals surface area contributed by atoms with Crippen molar-refractivity contribution in [2.45, 2.75) is 19.3 Å².